The van der Waals surface area contributed by atoms with Gasteiger partial charge < -0.3 is 15.5 Å². The van der Waals surface area contributed by atoms with Crippen molar-refractivity contribution in [3.05, 3.63) is 80.6 Å². The molecule has 0 aliphatic heterocycles. The number of allylic oxidation sites excluding steroid dienone is 2. The van der Waals surface area contributed by atoms with Crippen LogP contribution in [-0.2, 0) is 19.3 Å². The van der Waals surface area contributed by atoms with E-state index in [0.29, 0.717) is 11.8 Å². The summed E-state index contributed by atoms with van der Waals surface area (Å²) in [6, 6.07) is 12.3. The summed E-state index contributed by atoms with van der Waals surface area (Å²) in [7, 11) is 2.26. The van der Waals surface area contributed by atoms with Crippen LogP contribution in [0.4, 0.5) is 11.4 Å². The van der Waals surface area contributed by atoms with E-state index in [1.807, 2.05) is 24.3 Å². The predicted octanol–water partition coefficient (Wildman–Crippen LogP) is 10.9. The highest BCUT2D eigenvalue weighted by molar-refractivity contribution is 6.31. The van der Waals surface area contributed by atoms with E-state index >= 15 is 0 Å². The van der Waals surface area contributed by atoms with Crippen LogP contribution < -0.4 is 10.6 Å². The molecule has 0 radical (unpaired) electrons. The van der Waals surface area contributed by atoms with E-state index in [9.17, 15) is 0 Å². The number of aromatic nitrogens is 2. The molecular weight excluding hydrogens is 704 g/mol. The highest BCUT2D eigenvalue weighted by atomic mass is 35.5. The maximum atomic E-state index is 6.39. The number of pyridine rings is 2. The Bertz CT molecular complexity index is 1760. The lowest BCUT2D eigenvalue weighted by Gasteiger charge is -2.36. The number of aryl methyl sites for hydroxylation is 1. The first-order valence-corrected chi connectivity index (χ1v) is 17.7. The molecule has 2 aromatic heterocycles. The van der Waals surface area contributed by atoms with Gasteiger partial charge in [-0.05, 0) is 145 Å². The van der Waals surface area contributed by atoms with Crippen molar-refractivity contribution in [3.8, 4) is 0 Å². The van der Waals surface area contributed by atoms with Gasteiger partial charge >= 0.3 is 0 Å². The van der Waals surface area contributed by atoms with Gasteiger partial charge in [0.25, 0.3) is 0 Å². The molecule has 2 N–H and O–H groups in total. The minimum Gasteiger partial charge on any atom is -0.384 e. The number of rotatable bonds is 11. The molecule has 0 unspecified atom stereocenters. The standard InChI is InChI=1S/C38H45Cl2N5.3ClH/c1-24-18-25-20-26(19-24)36-35(21-25)44-34-23-28(40)11-13-31(34)38(36)42-15-7-17-45(2)16-6-5-14-41-37-29-8-3-4-9-32(29)43-33-22-27(39)10-12-30(33)37;;;/h10-13,18,22-23,25-26H,3-9,14-17,19-21H2,1-2H3,(H,41,43)(H,42,44);3*1H/t25-,26+;;;/m0.../s1. The van der Waals surface area contributed by atoms with Crippen molar-refractivity contribution >= 4 is 93.6 Å². The third kappa shape index (κ3) is 8.48. The summed E-state index contributed by atoms with van der Waals surface area (Å²) < 4.78 is 0. The topological polar surface area (TPSA) is 53.1 Å². The molecule has 2 bridgehead atoms. The lowest BCUT2D eigenvalue weighted by Crippen LogP contribution is -2.26. The summed E-state index contributed by atoms with van der Waals surface area (Å²) >= 11 is 12.7. The number of benzene rings is 2. The summed E-state index contributed by atoms with van der Waals surface area (Å²) in [6.45, 7) is 6.41. The average Bonchev–Trinajstić information content (AvgIpc) is 3.01. The molecule has 4 aromatic rings. The monoisotopic (exact) mass is 749 g/mol. The quantitative estimate of drug-likeness (QED) is 0.118. The summed E-state index contributed by atoms with van der Waals surface area (Å²) in [5.74, 6) is 1.18. The molecule has 0 saturated carbocycles. The van der Waals surface area contributed by atoms with Gasteiger partial charge in [-0.1, -0.05) is 34.9 Å². The third-order valence-electron chi connectivity index (χ3n) is 10.1. The fourth-order valence-electron chi connectivity index (χ4n) is 8.07. The molecule has 0 spiro atoms. The first-order chi connectivity index (χ1) is 21.9. The summed E-state index contributed by atoms with van der Waals surface area (Å²) in [6.07, 6.45) is 14.0. The maximum absolute atomic E-state index is 6.39. The van der Waals surface area contributed by atoms with E-state index in [1.165, 1.54) is 75.9 Å². The van der Waals surface area contributed by atoms with Gasteiger partial charge in [-0.3, -0.25) is 9.97 Å². The molecule has 3 aliphatic carbocycles. The number of nitrogens with zero attached hydrogens (tertiary/aromatic N) is 3. The first kappa shape index (κ1) is 38.8. The van der Waals surface area contributed by atoms with Crippen LogP contribution in [0, 0.1) is 5.92 Å². The Labute approximate surface area is 314 Å². The van der Waals surface area contributed by atoms with Gasteiger partial charge in [0.05, 0.1) is 11.0 Å². The van der Waals surface area contributed by atoms with Gasteiger partial charge in [0.15, 0.2) is 0 Å². The normalized spacial score (nSPS) is 17.8. The van der Waals surface area contributed by atoms with E-state index in [2.05, 4.69) is 47.7 Å². The van der Waals surface area contributed by atoms with Gasteiger partial charge in [-0.15, -0.1) is 37.2 Å². The summed E-state index contributed by atoms with van der Waals surface area (Å²) in [5, 5.41) is 11.6. The molecule has 0 amide bonds. The number of hydrogen-bond acceptors (Lipinski definition) is 5. The van der Waals surface area contributed by atoms with Crippen molar-refractivity contribution in [3.63, 3.8) is 0 Å². The van der Waals surface area contributed by atoms with Gasteiger partial charge in [0.2, 0.25) is 0 Å². The van der Waals surface area contributed by atoms with Crippen LogP contribution in [-0.4, -0.2) is 48.1 Å². The molecule has 5 nitrogen and oxygen atoms in total. The number of hydrogen-bond donors (Lipinski definition) is 2. The SMILES string of the molecule is CC1=C[C@@H]2Cc3nc4cc(Cl)ccc4c(NCCCN(C)CCCCNc4c5c(nc6cc(Cl)ccc46)CCCC5)c3[C@H](C1)C2.Cl.Cl.Cl. The molecule has 10 heteroatoms. The second-order valence-electron chi connectivity index (χ2n) is 13.6. The van der Waals surface area contributed by atoms with Crippen molar-refractivity contribution < 1.29 is 0 Å². The second-order valence-corrected chi connectivity index (χ2v) is 14.5. The minimum atomic E-state index is 0. The van der Waals surface area contributed by atoms with Crippen LogP contribution in [0.2, 0.25) is 10.0 Å². The van der Waals surface area contributed by atoms with Gasteiger partial charge in [-0.25, -0.2) is 0 Å². The number of anilines is 2. The Hall–Kier alpha value is -1.99. The fraction of sp³-hybridized carbons (Fsp3) is 0.474. The van der Waals surface area contributed by atoms with E-state index in [0.717, 1.165) is 85.8 Å². The molecule has 2 atom stereocenters. The van der Waals surface area contributed by atoms with Crippen molar-refractivity contribution in [1.82, 2.24) is 14.9 Å². The molecule has 3 aliphatic rings. The molecule has 0 fully saturated rings. The number of unbranched alkanes of at least 4 members (excludes halogenated alkanes) is 1. The molecule has 48 heavy (non-hydrogen) atoms. The van der Waals surface area contributed by atoms with Gasteiger partial charge in [0, 0.05) is 62.2 Å². The van der Waals surface area contributed by atoms with Crippen LogP contribution in [0.25, 0.3) is 21.8 Å². The zero-order valence-corrected chi connectivity index (χ0v) is 31.9. The van der Waals surface area contributed by atoms with E-state index in [4.69, 9.17) is 33.2 Å². The molecular formula is C38H48Cl5N5. The molecule has 260 valence electrons. The Balaban J connectivity index is 0.00000173. The zero-order valence-electron chi connectivity index (χ0n) is 27.9. The zero-order chi connectivity index (χ0) is 30.9. The Morgan fingerprint density at radius 2 is 1.40 bits per heavy atom. The van der Waals surface area contributed by atoms with Crippen LogP contribution in [0.3, 0.4) is 0 Å². The largest absolute Gasteiger partial charge is 0.384 e. The van der Waals surface area contributed by atoms with Crippen molar-refractivity contribution in [1.29, 1.82) is 0 Å². The molecule has 0 saturated heterocycles. The van der Waals surface area contributed by atoms with Gasteiger partial charge in [-0.2, -0.15) is 0 Å². The van der Waals surface area contributed by atoms with Crippen molar-refractivity contribution in [2.75, 3.05) is 43.9 Å². The number of fused-ring (bicyclic) bond motifs is 7. The predicted molar refractivity (Wildman–Crippen MR) is 213 cm³/mol. The van der Waals surface area contributed by atoms with Crippen molar-refractivity contribution in [2.24, 2.45) is 5.92 Å². The lowest BCUT2D eigenvalue weighted by atomic mass is 9.71. The van der Waals surface area contributed by atoms with E-state index < -0.39 is 0 Å². The van der Waals surface area contributed by atoms with Crippen LogP contribution >= 0.6 is 60.4 Å². The molecule has 7 rings (SSSR count). The Morgan fingerprint density at radius 3 is 2.15 bits per heavy atom. The second kappa shape index (κ2) is 17.3. The summed E-state index contributed by atoms with van der Waals surface area (Å²) in [5.41, 5.74) is 11.5. The van der Waals surface area contributed by atoms with Gasteiger partial charge in [0.1, 0.15) is 0 Å². The smallest absolute Gasteiger partial charge is 0.0741 e. The number of halogens is 5. The first-order valence-electron chi connectivity index (χ1n) is 17.0. The fourth-order valence-corrected chi connectivity index (χ4v) is 8.40. The minimum absolute atomic E-state index is 0. The maximum Gasteiger partial charge on any atom is 0.0741 e. The van der Waals surface area contributed by atoms with E-state index in [-0.39, 0.29) is 37.2 Å². The van der Waals surface area contributed by atoms with Crippen LogP contribution in [0.5, 0.6) is 0 Å². The van der Waals surface area contributed by atoms with Crippen molar-refractivity contribution in [2.45, 2.75) is 77.0 Å². The molecule has 2 aromatic carbocycles. The highest BCUT2D eigenvalue weighted by Crippen LogP contribution is 2.47. The van der Waals surface area contributed by atoms with E-state index in [1.54, 1.807) is 0 Å². The molecule has 2 heterocycles. The summed E-state index contributed by atoms with van der Waals surface area (Å²) in [4.78, 5) is 12.6. The number of nitrogens with one attached hydrogen (secondary N) is 2. The Morgan fingerprint density at radius 1 is 0.771 bits per heavy atom. The third-order valence-corrected chi connectivity index (χ3v) is 10.6. The Kier molecular flexibility index (Phi) is 14.0. The van der Waals surface area contributed by atoms with Crippen LogP contribution in [0.1, 0.15) is 80.3 Å². The van der Waals surface area contributed by atoms with Crippen LogP contribution in [0.15, 0.2) is 48.0 Å². The highest BCUT2D eigenvalue weighted by Gasteiger charge is 2.33. The average molecular weight is 752 g/mol. The lowest BCUT2D eigenvalue weighted by molar-refractivity contribution is 0.326.